The molecule has 1 aromatic carbocycles. The third-order valence-electron chi connectivity index (χ3n) is 4.52. The molecule has 2 amide bonds. The summed E-state index contributed by atoms with van der Waals surface area (Å²) in [5, 5.41) is 9.26. The minimum absolute atomic E-state index is 0. The van der Waals surface area contributed by atoms with Crippen LogP contribution >= 0.6 is 24.8 Å². The molecule has 0 spiro atoms. The smallest absolute Gasteiger partial charge is 0.251 e. The van der Waals surface area contributed by atoms with Crippen molar-refractivity contribution in [3.8, 4) is 0 Å². The van der Waals surface area contributed by atoms with Gasteiger partial charge < -0.3 is 20.9 Å². The van der Waals surface area contributed by atoms with Crippen molar-refractivity contribution in [2.45, 2.75) is 32.4 Å². The van der Waals surface area contributed by atoms with Crippen LogP contribution in [0.3, 0.4) is 0 Å². The van der Waals surface area contributed by atoms with E-state index in [2.05, 4.69) is 22.9 Å². The van der Waals surface area contributed by atoms with Crippen LogP contribution in [-0.4, -0.2) is 56.5 Å². The highest BCUT2D eigenvalue weighted by molar-refractivity contribution is 5.94. The van der Waals surface area contributed by atoms with Gasteiger partial charge in [0.2, 0.25) is 5.91 Å². The number of hydrogen-bond donors (Lipinski definition) is 3. The lowest BCUT2D eigenvalue weighted by molar-refractivity contribution is -0.126. The Morgan fingerprint density at radius 1 is 1.15 bits per heavy atom. The first kappa shape index (κ1) is 25.7. The van der Waals surface area contributed by atoms with Crippen LogP contribution in [-0.2, 0) is 11.3 Å². The summed E-state index contributed by atoms with van der Waals surface area (Å²) in [6.45, 7) is 4.95. The van der Waals surface area contributed by atoms with Crippen molar-refractivity contribution >= 4 is 36.6 Å². The van der Waals surface area contributed by atoms with E-state index in [1.807, 2.05) is 31.1 Å². The highest BCUT2D eigenvalue weighted by Crippen LogP contribution is 2.16. The highest BCUT2D eigenvalue weighted by atomic mass is 35.5. The summed E-state index contributed by atoms with van der Waals surface area (Å²) in [5.41, 5.74) is 1.64. The van der Waals surface area contributed by atoms with Gasteiger partial charge in [-0.1, -0.05) is 12.1 Å². The Balaban J connectivity index is 0.00000338. The number of benzene rings is 1. The van der Waals surface area contributed by atoms with Crippen LogP contribution < -0.4 is 16.0 Å². The minimum Gasteiger partial charge on any atom is -0.352 e. The Kier molecular flexibility index (Phi) is 12.3. The first-order valence-corrected chi connectivity index (χ1v) is 8.98. The Labute approximate surface area is 174 Å². The van der Waals surface area contributed by atoms with E-state index in [1.54, 1.807) is 12.1 Å². The van der Waals surface area contributed by atoms with Crippen LogP contribution in [0, 0.1) is 5.92 Å². The van der Waals surface area contributed by atoms with E-state index in [0.29, 0.717) is 24.7 Å². The van der Waals surface area contributed by atoms with E-state index in [0.717, 1.165) is 31.5 Å². The Morgan fingerprint density at radius 3 is 2.41 bits per heavy atom. The number of halogens is 2. The molecule has 154 valence electrons. The van der Waals surface area contributed by atoms with Crippen LogP contribution in [0.2, 0.25) is 0 Å². The van der Waals surface area contributed by atoms with Crippen molar-refractivity contribution in [3.63, 3.8) is 0 Å². The molecule has 27 heavy (non-hydrogen) atoms. The van der Waals surface area contributed by atoms with Crippen molar-refractivity contribution in [2.24, 2.45) is 5.92 Å². The van der Waals surface area contributed by atoms with Crippen LogP contribution in [0.15, 0.2) is 24.3 Å². The fourth-order valence-electron chi connectivity index (χ4n) is 2.97. The first-order chi connectivity index (χ1) is 12.0. The third-order valence-corrected chi connectivity index (χ3v) is 4.52. The van der Waals surface area contributed by atoms with Gasteiger partial charge in [0.15, 0.2) is 0 Å². The topological polar surface area (TPSA) is 73.5 Å². The van der Waals surface area contributed by atoms with Crippen molar-refractivity contribution in [1.29, 1.82) is 0 Å². The van der Waals surface area contributed by atoms with Crippen molar-refractivity contribution in [2.75, 3.05) is 33.7 Å². The first-order valence-electron chi connectivity index (χ1n) is 8.98. The zero-order valence-corrected chi connectivity index (χ0v) is 17.9. The predicted molar refractivity (Wildman–Crippen MR) is 114 cm³/mol. The third kappa shape index (κ3) is 8.93. The van der Waals surface area contributed by atoms with Crippen LogP contribution in [0.5, 0.6) is 0 Å². The SMILES string of the molecule is C[C@H]1C[C@@H](C(=O)NCc2ccc(C(=O)NCCN(C)C)cc2)CCN1.Cl.Cl. The lowest BCUT2D eigenvalue weighted by Gasteiger charge is -2.27. The Morgan fingerprint density at radius 2 is 1.81 bits per heavy atom. The summed E-state index contributed by atoms with van der Waals surface area (Å²) in [4.78, 5) is 26.3. The lowest BCUT2D eigenvalue weighted by atomic mass is 9.92. The standard InChI is InChI=1S/C19H30N4O2.2ClH/c1-14-12-17(8-9-20-14)19(25)22-13-15-4-6-16(7-5-15)18(24)21-10-11-23(2)3;;/h4-7,14,17,20H,8-13H2,1-3H3,(H,21,24)(H,22,25);2*1H/t14-,17-;;/m0../s1. The summed E-state index contributed by atoms with van der Waals surface area (Å²) in [5.74, 6) is 0.151. The quantitative estimate of drug-likeness (QED) is 0.631. The molecule has 8 heteroatoms. The van der Waals surface area contributed by atoms with Gasteiger partial charge in [0.25, 0.3) is 5.91 Å². The predicted octanol–water partition coefficient (Wildman–Crippen LogP) is 1.83. The molecule has 0 aromatic heterocycles. The normalized spacial score (nSPS) is 18.8. The zero-order valence-electron chi connectivity index (χ0n) is 16.3. The number of carbonyl (C=O) groups is 2. The van der Waals surface area contributed by atoms with Crippen LogP contribution in [0.25, 0.3) is 0 Å². The van der Waals surface area contributed by atoms with E-state index in [1.165, 1.54) is 0 Å². The van der Waals surface area contributed by atoms with E-state index in [9.17, 15) is 9.59 Å². The molecular formula is C19H32Cl2N4O2. The van der Waals surface area contributed by atoms with E-state index in [-0.39, 0.29) is 42.5 Å². The molecule has 1 saturated heterocycles. The number of piperidine rings is 1. The van der Waals surface area contributed by atoms with Gasteiger partial charge in [-0.25, -0.2) is 0 Å². The molecule has 1 heterocycles. The van der Waals surface area contributed by atoms with Gasteiger partial charge in [-0.15, -0.1) is 24.8 Å². The fraction of sp³-hybridized carbons (Fsp3) is 0.579. The number of nitrogens with one attached hydrogen (secondary N) is 3. The largest absolute Gasteiger partial charge is 0.352 e. The monoisotopic (exact) mass is 418 g/mol. The Hall–Kier alpha value is -1.34. The number of rotatable bonds is 7. The lowest BCUT2D eigenvalue weighted by Crippen LogP contribution is -2.42. The molecule has 6 nitrogen and oxygen atoms in total. The minimum atomic E-state index is -0.0684. The average Bonchev–Trinajstić information content (AvgIpc) is 2.59. The summed E-state index contributed by atoms with van der Waals surface area (Å²) < 4.78 is 0. The number of hydrogen-bond acceptors (Lipinski definition) is 4. The van der Waals surface area contributed by atoms with Crippen molar-refractivity contribution in [3.05, 3.63) is 35.4 Å². The van der Waals surface area contributed by atoms with E-state index in [4.69, 9.17) is 0 Å². The summed E-state index contributed by atoms with van der Waals surface area (Å²) >= 11 is 0. The van der Waals surface area contributed by atoms with E-state index < -0.39 is 0 Å². The molecule has 0 saturated carbocycles. The van der Waals surface area contributed by atoms with Gasteiger partial charge in [0, 0.05) is 37.2 Å². The maximum atomic E-state index is 12.3. The van der Waals surface area contributed by atoms with Gasteiger partial charge in [-0.3, -0.25) is 9.59 Å². The highest BCUT2D eigenvalue weighted by Gasteiger charge is 2.24. The molecule has 2 rings (SSSR count). The molecule has 1 aromatic rings. The van der Waals surface area contributed by atoms with Gasteiger partial charge in [-0.2, -0.15) is 0 Å². The molecule has 1 aliphatic rings. The summed E-state index contributed by atoms with van der Waals surface area (Å²) in [6, 6.07) is 7.80. The van der Waals surface area contributed by atoms with Crippen molar-refractivity contribution in [1.82, 2.24) is 20.9 Å². The molecule has 0 unspecified atom stereocenters. The molecule has 0 aliphatic carbocycles. The molecular weight excluding hydrogens is 387 g/mol. The molecule has 2 atom stereocenters. The summed E-state index contributed by atoms with van der Waals surface area (Å²) in [6.07, 6.45) is 1.78. The Bertz CT molecular complexity index is 582. The average molecular weight is 419 g/mol. The molecule has 0 bridgehead atoms. The second kappa shape index (κ2) is 12.9. The molecule has 0 radical (unpaired) electrons. The van der Waals surface area contributed by atoms with E-state index >= 15 is 0 Å². The van der Waals surface area contributed by atoms with Gasteiger partial charge >= 0.3 is 0 Å². The summed E-state index contributed by atoms with van der Waals surface area (Å²) in [7, 11) is 3.94. The number of nitrogens with zero attached hydrogens (tertiary/aromatic N) is 1. The molecule has 1 aliphatic heterocycles. The molecule has 3 N–H and O–H groups in total. The fourth-order valence-corrected chi connectivity index (χ4v) is 2.97. The maximum absolute atomic E-state index is 12.3. The van der Waals surface area contributed by atoms with Gasteiger partial charge in [-0.05, 0) is 58.1 Å². The zero-order chi connectivity index (χ0) is 18.2. The van der Waals surface area contributed by atoms with Crippen molar-refractivity contribution < 1.29 is 9.59 Å². The molecule has 1 fully saturated rings. The van der Waals surface area contributed by atoms with Crippen LogP contribution in [0.1, 0.15) is 35.7 Å². The number of carbonyl (C=O) groups excluding carboxylic acids is 2. The maximum Gasteiger partial charge on any atom is 0.251 e. The second-order valence-corrected chi connectivity index (χ2v) is 7.05. The number of amides is 2. The van der Waals surface area contributed by atoms with Gasteiger partial charge in [0.05, 0.1) is 0 Å². The number of likely N-dealkylation sites (N-methyl/N-ethyl adjacent to an activating group) is 1. The van der Waals surface area contributed by atoms with Crippen LogP contribution in [0.4, 0.5) is 0 Å². The van der Waals surface area contributed by atoms with Gasteiger partial charge in [0.1, 0.15) is 0 Å². The second-order valence-electron chi connectivity index (χ2n) is 7.05.